The quantitative estimate of drug-likeness (QED) is 0.791. The first-order chi connectivity index (χ1) is 6.57. The van der Waals surface area contributed by atoms with Crippen molar-refractivity contribution in [1.29, 1.82) is 0 Å². The molecular formula is C10H12Cl3N. The lowest BCUT2D eigenvalue weighted by molar-refractivity contribution is 0.639. The molecule has 1 rings (SSSR count). The van der Waals surface area contributed by atoms with Gasteiger partial charge in [-0.15, -0.1) is 0 Å². The third kappa shape index (κ3) is 2.54. The monoisotopic (exact) mass is 251 g/mol. The lowest BCUT2D eigenvalue weighted by Crippen LogP contribution is -2.11. The average Bonchev–Trinajstić information content (AvgIpc) is 2.13. The van der Waals surface area contributed by atoms with Crippen LogP contribution in [0.15, 0.2) is 12.1 Å². The molecule has 1 atom stereocenters. The van der Waals surface area contributed by atoms with Crippen molar-refractivity contribution in [3.8, 4) is 0 Å². The normalized spacial score (nSPS) is 12.9. The fourth-order valence-electron chi connectivity index (χ4n) is 1.34. The molecule has 0 bridgehead atoms. The van der Waals surface area contributed by atoms with Gasteiger partial charge in [-0.25, -0.2) is 0 Å². The Morgan fingerprint density at radius 1 is 1.21 bits per heavy atom. The zero-order valence-corrected chi connectivity index (χ0v) is 10.1. The van der Waals surface area contributed by atoms with Crippen LogP contribution in [0.5, 0.6) is 0 Å². The summed E-state index contributed by atoms with van der Waals surface area (Å²) < 4.78 is 0. The summed E-state index contributed by atoms with van der Waals surface area (Å²) in [7, 11) is 0. The van der Waals surface area contributed by atoms with E-state index < -0.39 is 0 Å². The molecule has 0 saturated carbocycles. The molecule has 2 N–H and O–H groups in total. The largest absolute Gasteiger partial charge is 0.324 e. The van der Waals surface area contributed by atoms with Crippen molar-refractivity contribution in [3.63, 3.8) is 0 Å². The van der Waals surface area contributed by atoms with Crippen LogP contribution in [0.1, 0.15) is 31.4 Å². The van der Waals surface area contributed by atoms with Crippen molar-refractivity contribution < 1.29 is 0 Å². The molecule has 0 aromatic heterocycles. The average molecular weight is 253 g/mol. The van der Waals surface area contributed by atoms with E-state index in [0.717, 1.165) is 18.4 Å². The van der Waals surface area contributed by atoms with Crippen LogP contribution in [0.4, 0.5) is 0 Å². The van der Waals surface area contributed by atoms with Crippen LogP contribution in [0.3, 0.4) is 0 Å². The Morgan fingerprint density at radius 3 is 2.36 bits per heavy atom. The Bertz CT molecular complexity index is 325. The third-order valence-electron chi connectivity index (χ3n) is 2.05. The molecule has 0 aliphatic heterocycles. The topological polar surface area (TPSA) is 26.0 Å². The maximum absolute atomic E-state index is 6.03. The van der Waals surface area contributed by atoms with E-state index >= 15 is 0 Å². The molecule has 0 heterocycles. The van der Waals surface area contributed by atoms with Gasteiger partial charge in [0, 0.05) is 16.6 Å². The molecule has 1 aromatic rings. The SMILES string of the molecule is CCC[C@H](N)c1c(Cl)ccc(Cl)c1Cl. The Labute approximate surface area is 99.1 Å². The predicted molar refractivity (Wildman–Crippen MR) is 63.3 cm³/mol. The zero-order chi connectivity index (χ0) is 10.7. The van der Waals surface area contributed by atoms with E-state index in [2.05, 4.69) is 6.92 Å². The van der Waals surface area contributed by atoms with Gasteiger partial charge in [0.1, 0.15) is 0 Å². The number of rotatable bonds is 3. The van der Waals surface area contributed by atoms with E-state index in [4.69, 9.17) is 40.5 Å². The molecular weight excluding hydrogens is 240 g/mol. The number of nitrogens with two attached hydrogens (primary N) is 1. The number of hydrogen-bond donors (Lipinski definition) is 1. The minimum Gasteiger partial charge on any atom is -0.324 e. The smallest absolute Gasteiger partial charge is 0.0654 e. The second kappa shape index (κ2) is 5.22. The summed E-state index contributed by atoms with van der Waals surface area (Å²) in [6, 6.07) is 3.26. The highest BCUT2D eigenvalue weighted by Gasteiger charge is 2.15. The van der Waals surface area contributed by atoms with Crippen LogP contribution in [-0.2, 0) is 0 Å². The van der Waals surface area contributed by atoms with Gasteiger partial charge in [-0.3, -0.25) is 0 Å². The van der Waals surface area contributed by atoms with Gasteiger partial charge in [-0.2, -0.15) is 0 Å². The van der Waals surface area contributed by atoms with E-state index in [-0.39, 0.29) is 6.04 Å². The summed E-state index contributed by atoms with van der Waals surface area (Å²) in [6.07, 6.45) is 1.83. The van der Waals surface area contributed by atoms with Crippen molar-refractivity contribution in [2.45, 2.75) is 25.8 Å². The molecule has 1 aromatic carbocycles. The van der Waals surface area contributed by atoms with E-state index in [0.29, 0.717) is 15.1 Å². The third-order valence-corrected chi connectivity index (χ3v) is 3.20. The molecule has 0 unspecified atom stereocenters. The maximum atomic E-state index is 6.03. The van der Waals surface area contributed by atoms with E-state index in [1.165, 1.54) is 0 Å². The van der Waals surface area contributed by atoms with Crippen molar-refractivity contribution in [3.05, 3.63) is 32.8 Å². The van der Waals surface area contributed by atoms with Crippen molar-refractivity contribution in [2.75, 3.05) is 0 Å². The summed E-state index contributed by atoms with van der Waals surface area (Å²) >= 11 is 17.9. The second-order valence-corrected chi connectivity index (χ2v) is 4.34. The molecule has 0 radical (unpaired) electrons. The highest BCUT2D eigenvalue weighted by atomic mass is 35.5. The Hall–Kier alpha value is 0.0500. The van der Waals surface area contributed by atoms with Crippen LogP contribution in [0.2, 0.25) is 15.1 Å². The molecule has 4 heteroatoms. The Balaban J connectivity index is 3.11. The summed E-state index contributed by atoms with van der Waals surface area (Å²) in [4.78, 5) is 0. The van der Waals surface area contributed by atoms with Crippen molar-refractivity contribution in [1.82, 2.24) is 0 Å². The van der Waals surface area contributed by atoms with E-state index in [9.17, 15) is 0 Å². The first-order valence-corrected chi connectivity index (χ1v) is 5.60. The lowest BCUT2D eigenvalue weighted by Gasteiger charge is -2.15. The van der Waals surface area contributed by atoms with Crippen molar-refractivity contribution in [2.24, 2.45) is 5.73 Å². The number of hydrogen-bond acceptors (Lipinski definition) is 1. The van der Waals surface area contributed by atoms with Gasteiger partial charge in [0.25, 0.3) is 0 Å². The highest BCUT2D eigenvalue weighted by molar-refractivity contribution is 6.44. The number of benzene rings is 1. The van der Waals surface area contributed by atoms with E-state index in [1.807, 2.05) is 0 Å². The molecule has 0 aliphatic carbocycles. The highest BCUT2D eigenvalue weighted by Crippen LogP contribution is 2.36. The molecule has 0 spiro atoms. The van der Waals surface area contributed by atoms with Crippen LogP contribution in [0, 0.1) is 0 Å². The molecule has 14 heavy (non-hydrogen) atoms. The molecule has 0 fully saturated rings. The minimum absolute atomic E-state index is 0.140. The second-order valence-electron chi connectivity index (χ2n) is 3.15. The van der Waals surface area contributed by atoms with Gasteiger partial charge in [-0.05, 0) is 18.6 Å². The van der Waals surface area contributed by atoms with Gasteiger partial charge < -0.3 is 5.73 Å². The fraction of sp³-hybridized carbons (Fsp3) is 0.400. The van der Waals surface area contributed by atoms with Gasteiger partial charge in [0.05, 0.1) is 10.0 Å². The minimum atomic E-state index is -0.140. The molecule has 78 valence electrons. The van der Waals surface area contributed by atoms with Crippen LogP contribution >= 0.6 is 34.8 Å². The van der Waals surface area contributed by atoms with Gasteiger partial charge in [-0.1, -0.05) is 48.1 Å². The lowest BCUT2D eigenvalue weighted by atomic mass is 10.0. The summed E-state index contributed by atoms with van der Waals surface area (Å²) in [5, 5.41) is 1.55. The molecule has 0 amide bonds. The first-order valence-electron chi connectivity index (χ1n) is 4.46. The summed E-state index contributed by atoms with van der Waals surface area (Å²) in [5.74, 6) is 0. The molecule has 0 saturated heterocycles. The van der Waals surface area contributed by atoms with Crippen LogP contribution < -0.4 is 5.73 Å². The molecule has 1 nitrogen and oxygen atoms in total. The standard InChI is InChI=1S/C10H12Cl3N/c1-2-3-8(14)9-6(11)4-5-7(12)10(9)13/h4-5,8H,2-3,14H2,1H3/t8-/m0/s1. The van der Waals surface area contributed by atoms with Crippen LogP contribution in [-0.4, -0.2) is 0 Å². The summed E-state index contributed by atoms with van der Waals surface area (Å²) in [6.45, 7) is 2.06. The predicted octanol–water partition coefficient (Wildman–Crippen LogP) is 4.45. The summed E-state index contributed by atoms with van der Waals surface area (Å²) in [5.41, 5.74) is 6.70. The van der Waals surface area contributed by atoms with E-state index in [1.54, 1.807) is 12.1 Å². The number of halogens is 3. The van der Waals surface area contributed by atoms with Crippen LogP contribution in [0.25, 0.3) is 0 Å². The van der Waals surface area contributed by atoms with Gasteiger partial charge in [0.15, 0.2) is 0 Å². The fourth-order valence-corrected chi connectivity index (χ4v) is 2.15. The Kier molecular flexibility index (Phi) is 4.52. The molecule has 0 aliphatic rings. The van der Waals surface area contributed by atoms with Gasteiger partial charge in [0.2, 0.25) is 0 Å². The van der Waals surface area contributed by atoms with Crippen molar-refractivity contribution >= 4 is 34.8 Å². The van der Waals surface area contributed by atoms with Gasteiger partial charge >= 0.3 is 0 Å². The zero-order valence-electron chi connectivity index (χ0n) is 7.86. The first kappa shape index (κ1) is 12.1. The Morgan fingerprint density at radius 2 is 1.79 bits per heavy atom. The maximum Gasteiger partial charge on any atom is 0.0654 e.